The fourth-order valence-electron chi connectivity index (χ4n) is 1.01. The summed E-state index contributed by atoms with van der Waals surface area (Å²) in [6.07, 6.45) is 0. The van der Waals surface area contributed by atoms with E-state index in [1.54, 1.807) is 6.92 Å². The Balaban J connectivity index is 0. The van der Waals surface area contributed by atoms with Gasteiger partial charge in [-0.25, -0.2) is 0 Å². The summed E-state index contributed by atoms with van der Waals surface area (Å²) in [4.78, 5) is 10.8. The molecule has 0 saturated heterocycles. The second-order valence-electron chi connectivity index (χ2n) is 2.62. The van der Waals surface area contributed by atoms with E-state index in [2.05, 4.69) is 5.32 Å². The Kier molecular flexibility index (Phi) is 9.18. The number of ketones is 1. The number of carbonyl (C=O) groups is 1. The van der Waals surface area contributed by atoms with Gasteiger partial charge in [0.15, 0.2) is 0 Å². The van der Waals surface area contributed by atoms with Gasteiger partial charge >= 0.3 is 0 Å². The maximum Gasteiger partial charge on any atom is 0.146 e. The van der Waals surface area contributed by atoms with E-state index in [0.29, 0.717) is 13.1 Å². The first kappa shape index (κ1) is 13.2. The lowest BCUT2D eigenvalue weighted by Gasteiger charge is -2.15. The Morgan fingerprint density at radius 1 is 1.36 bits per heavy atom. The molecule has 0 spiro atoms. The van der Waals surface area contributed by atoms with E-state index >= 15 is 0 Å². The predicted octanol–water partition coefficient (Wildman–Crippen LogP) is 1.41. The van der Waals surface area contributed by atoms with Gasteiger partial charge < -0.3 is 5.32 Å². The van der Waals surface area contributed by atoms with Gasteiger partial charge in [-0.2, -0.15) is 0 Å². The topological polar surface area (TPSA) is 29.1 Å². The van der Waals surface area contributed by atoms with Gasteiger partial charge in [0.2, 0.25) is 0 Å². The van der Waals surface area contributed by atoms with E-state index in [4.69, 9.17) is 0 Å². The van der Waals surface area contributed by atoms with Crippen LogP contribution in [0.3, 0.4) is 0 Å². The van der Waals surface area contributed by atoms with Crippen LogP contribution in [0, 0.1) is 5.92 Å². The highest BCUT2D eigenvalue weighted by molar-refractivity contribution is 5.81. The van der Waals surface area contributed by atoms with Gasteiger partial charge in [-0.3, -0.25) is 9.18 Å². The summed E-state index contributed by atoms with van der Waals surface area (Å²) in [6, 6.07) is 0.0324. The summed E-state index contributed by atoms with van der Waals surface area (Å²) in [6.45, 7) is 5.67. The summed E-state index contributed by atoms with van der Waals surface area (Å²) < 4.78 is 9.50. The normalized spacial score (nSPS) is 11.9. The van der Waals surface area contributed by atoms with Crippen molar-refractivity contribution in [1.82, 2.24) is 5.32 Å². The molecule has 0 unspecified atom stereocenters. The molecule has 0 aromatic heterocycles. The van der Waals surface area contributed by atoms with Crippen LogP contribution < -0.4 is 5.32 Å². The molecule has 68 valence electrons. The van der Waals surface area contributed by atoms with E-state index in [0.717, 1.165) is 0 Å². The first-order valence-electron chi connectivity index (χ1n) is 3.65. The van der Waals surface area contributed by atoms with Gasteiger partial charge in [0.25, 0.3) is 0 Å². The third kappa shape index (κ3) is 5.98. The maximum atomic E-state index is 10.8. The molecule has 11 heavy (non-hydrogen) atoms. The third-order valence-electron chi connectivity index (χ3n) is 1.42. The van der Waals surface area contributed by atoms with Crippen LogP contribution in [-0.4, -0.2) is 26.1 Å². The summed E-state index contributed by atoms with van der Waals surface area (Å²) in [5.41, 5.74) is 0. The number of likely N-dealkylation sites (N-methyl/N-ethyl adjacent to an activating group) is 1. The van der Waals surface area contributed by atoms with Gasteiger partial charge in [-0.05, 0) is 19.9 Å². The molecule has 0 aliphatic rings. The van der Waals surface area contributed by atoms with Gasteiger partial charge in [0, 0.05) is 0 Å². The number of rotatable bonds is 3. The number of hydrogen-bond donors (Lipinski definition) is 1. The van der Waals surface area contributed by atoms with Crippen molar-refractivity contribution in [2.45, 2.75) is 26.8 Å². The lowest BCUT2D eigenvalue weighted by molar-refractivity contribution is -0.119. The van der Waals surface area contributed by atoms with Crippen LogP contribution in [0.2, 0.25) is 0 Å². The van der Waals surface area contributed by atoms with Crippen LogP contribution in [0.1, 0.15) is 20.8 Å². The molecule has 0 aliphatic heterocycles. The number of Topliss-reactive ketones (excluding diaryl/α,β-unsaturated/α-hetero) is 1. The molecule has 0 fully saturated rings. The molecule has 0 heterocycles. The maximum absolute atomic E-state index is 10.8. The molecule has 0 bridgehead atoms. The zero-order chi connectivity index (χ0) is 9.44. The van der Waals surface area contributed by atoms with Crippen molar-refractivity contribution in [2.24, 2.45) is 5.92 Å². The Hall–Kier alpha value is -0.440. The summed E-state index contributed by atoms with van der Waals surface area (Å²) in [5.74, 6) is 0.611. The van der Waals surface area contributed by atoms with E-state index in [1.807, 2.05) is 20.9 Å². The molecule has 1 atom stereocenters. The highest BCUT2D eigenvalue weighted by atomic mass is 19.1. The molecule has 1 N–H and O–H groups in total. The van der Waals surface area contributed by atoms with Crippen molar-refractivity contribution in [3.8, 4) is 0 Å². The first-order valence-corrected chi connectivity index (χ1v) is 3.65. The largest absolute Gasteiger partial charge is 0.310 e. The van der Waals surface area contributed by atoms with Crippen LogP contribution in [0.4, 0.5) is 4.39 Å². The Labute approximate surface area is 68.2 Å². The van der Waals surface area contributed by atoms with Crippen molar-refractivity contribution < 1.29 is 9.18 Å². The van der Waals surface area contributed by atoms with E-state index < -0.39 is 0 Å². The molecule has 2 nitrogen and oxygen atoms in total. The van der Waals surface area contributed by atoms with E-state index in [1.165, 1.54) is 0 Å². The van der Waals surface area contributed by atoms with Crippen molar-refractivity contribution in [3.63, 3.8) is 0 Å². The lowest BCUT2D eigenvalue weighted by atomic mass is 10.0. The van der Waals surface area contributed by atoms with Crippen molar-refractivity contribution >= 4 is 5.78 Å². The molecule has 3 heteroatoms. The summed E-state index contributed by atoms with van der Waals surface area (Å²) in [7, 11) is 2.31. The minimum Gasteiger partial charge on any atom is -0.310 e. The van der Waals surface area contributed by atoms with Crippen LogP contribution in [0.25, 0.3) is 0 Å². The van der Waals surface area contributed by atoms with Gasteiger partial charge in [0.05, 0.1) is 13.2 Å². The summed E-state index contributed by atoms with van der Waals surface area (Å²) in [5, 5.41) is 2.95. The number of carbonyl (C=O) groups excluding carboxylic acids is 1. The molecule has 0 radical (unpaired) electrons. The average molecular weight is 163 g/mol. The van der Waals surface area contributed by atoms with Crippen LogP contribution in [-0.2, 0) is 4.79 Å². The quantitative estimate of drug-likeness (QED) is 0.681. The molecule has 0 amide bonds. The predicted molar refractivity (Wildman–Crippen MR) is 45.4 cm³/mol. The second kappa shape index (κ2) is 7.66. The zero-order valence-corrected chi connectivity index (χ0v) is 7.94. The van der Waals surface area contributed by atoms with Crippen molar-refractivity contribution in [3.05, 3.63) is 0 Å². The van der Waals surface area contributed by atoms with Crippen LogP contribution in [0.15, 0.2) is 0 Å². The van der Waals surface area contributed by atoms with E-state index in [9.17, 15) is 9.18 Å². The van der Waals surface area contributed by atoms with Crippen molar-refractivity contribution in [2.75, 3.05) is 14.2 Å². The molecular formula is C8H18FNO. The third-order valence-corrected chi connectivity index (χ3v) is 1.42. The SMILES string of the molecule is CF.CN[C@H](C(C)=O)C(C)C. The smallest absolute Gasteiger partial charge is 0.146 e. The van der Waals surface area contributed by atoms with Gasteiger partial charge in [-0.15, -0.1) is 0 Å². The highest BCUT2D eigenvalue weighted by Crippen LogP contribution is 2.00. The number of alkyl halides is 1. The fourth-order valence-corrected chi connectivity index (χ4v) is 1.01. The first-order chi connectivity index (χ1) is 5.09. The Bertz CT molecular complexity index is 104. The van der Waals surface area contributed by atoms with Crippen LogP contribution >= 0.6 is 0 Å². The molecule has 0 aromatic carbocycles. The molecule has 0 aliphatic carbocycles. The van der Waals surface area contributed by atoms with Gasteiger partial charge in [-0.1, -0.05) is 13.8 Å². The molecule has 0 aromatic rings. The van der Waals surface area contributed by atoms with E-state index in [-0.39, 0.29) is 11.8 Å². The van der Waals surface area contributed by atoms with Crippen LogP contribution in [0.5, 0.6) is 0 Å². The number of hydrogen-bond acceptors (Lipinski definition) is 2. The fraction of sp³-hybridized carbons (Fsp3) is 0.875. The average Bonchev–Trinajstić information content (AvgIpc) is 1.91. The lowest BCUT2D eigenvalue weighted by Crippen LogP contribution is -2.36. The number of halogens is 1. The number of nitrogens with one attached hydrogen (secondary N) is 1. The minimum absolute atomic E-state index is 0.0324. The minimum atomic E-state index is 0.0324. The zero-order valence-electron chi connectivity index (χ0n) is 7.94. The molecule has 0 saturated carbocycles. The summed E-state index contributed by atoms with van der Waals surface area (Å²) >= 11 is 0. The standard InChI is InChI=1S/C7H15NO.CH3F/c1-5(2)7(8-4)6(3)9;1-2/h5,7-8H,1-4H3;1H3/t7-;/m0./s1. The highest BCUT2D eigenvalue weighted by Gasteiger charge is 2.14. The molecule has 0 rings (SSSR count). The monoisotopic (exact) mass is 163 g/mol. The van der Waals surface area contributed by atoms with Crippen molar-refractivity contribution in [1.29, 1.82) is 0 Å². The molecular weight excluding hydrogens is 145 g/mol. The van der Waals surface area contributed by atoms with Gasteiger partial charge in [0.1, 0.15) is 5.78 Å². The Morgan fingerprint density at radius 3 is 1.73 bits per heavy atom. The Morgan fingerprint density at radius 2 is 1.73 bits per heavy atom. The second-order valence-corrected chi connectivity index (χ2v) is 2.62.